The van der Waals surface area contributed by atoms with Gasteiger partial charge in [0.1, 0.15) is 11.6 Å². The van der Waals surface area contributed by atoms with Crippen molar-refractivity contribution in [3.8, 4) is 0 Å². The van der Waals surface area contributed by atoms with Crippen molar-refractivity contribution in [3.63, 3.8) is 0 Å². The first-order valence-corrected chi connectivity index (χ1v) is 13.1. The fourth-order valence-electron chi connectivity index (χ4n) is 5.03. The number of para-hydroxylation sites is 1. The molecule has 35 heavy (non-hydrogen) atoms. The lowest BCUT2D eigenvalue weighted by atomic mass is 9.99. The van der Waals surface area contributed by atoms with E-state index >= 15 is 0 Å². The molecule has 0 radical (unpaired) electrons. The Labute approximate surface area is 211 Å². The molecule has 1 aliphatic heterocycles. The van der Waals surface area contributed by atoms with E-state index in [4.69, 9.17) is 9.97 Å². The van der Waals surface area contributed by atoms with E-state index in [-0.39, 0.29) is 0 Å². The van der Waals surface area contributed by atoms with Crippen molar-refractivity contribution in [3.05, 3.63) is 66.0 Å². The van der Waals surface area contributed by atoms with Gasteiger partial charge in [0.15, 0.2) is 0 Å². The molecule has 0 unspecified atom stereocenters. The van der Waals surface area contributed by atoms with Crippen molar-refractivity contribution >= 4 is 16.7 Å². The third kappa shape index (κ3) is 7.47. The van der Waals surface area contributed by atoms with Crippen molar-refractivity contribution in [2.24, 2.45) is 5.92 Å². The quantitative estimate of drug-likeness (QED) is 0.406. The summed E-state index contributed by atoms with van der Waals surface area (Å²) >= 11 is 0. The Hall–Kier alpha value is -2.54. The number of hydrogen-bond acceptors (Lipinski definition) is 6. The van der Waals surface area contributed by atoms with Crippen LogP contribution in [0, 0.1) is 5.92 Å². The van der Waals surface area contributed by atoms with Crippen LogP contribution in [0.3, 0.4) is 0 Å². The number of piperazine rings is 1. The van der Waals surface area contributed by atoms with Crippen molar-refractivity contribution in [1.29, 1.82) is 0 Å². The molecule has 6 heteroatoms. The number of nitrogens with one attached hydrogen (secondary N) is 1. The molecule has 1 N–H and O–H groups in total. The Kier molecular flexibility index (Phi) is 9.07. The van der Waals surface area contributed by atoms with Gasteiger partial charge >= 0.3 is 0 Å². The summed E-state index contributed by atoms with van der Waals surface area (Å²) in [6.07, 6.45) is 2.27. The minimum atomic E-state index is 0.513. The minimum absolute atomic E-state index is 0.513. The van der Waals surface area contributed by atoms with Gasteiger partial charge in [0.05, 0.1) is 12.1 Å². The Balaban J connectivity index is 1.48. The average molecular weight is 475 g/mol. The molecule has 6 nitrogen and oxygen atoms in total. The first-order chi connectivity index (χ1) is 17.0. The van der Waals surface area contributed by atoms with Crippen LogP contribution in [0.15, 0.2) is 54.6 Å². The zero-order valence-corrected chi connectivity index (χ0v) is 22.0. The summed E-state index contributed by atoms with van der Waals surface area (Å²) in [5.41, 5.74) is 2.42. The molecule has 1 saturated heterocycles. The van der Waals surface area contributed by atoms with Gasteiger partial charge in [0, 0.05) is 44.2 Å². The zero-order chi connectivity index (χ0) is 24.6. The van der Waals surface area contributed by atoms with Crippen LogP contribution in [-0.2, 0) is 13.1 Å². The van der Waals surface area contributed by atoms with E-state index < -0.39 is 0 Å². The van der Waals surface area contributed by atoms with Gasteiger partial charge in [-0.3, -0.25) is 9.80 Å². The predicted molar refractivity (Wildman–Crippen MR) is 147 cm³/mol. The van der Waals surface area contributed by atoms with Crippen LogP contribution in [-0.4, -0.2) is 77.5 Å². The molecule has 3 aromatic rings. The maximum atomic E-state index is 5.02. The highest BCUT2D eigenvalue weighted by molar-refractivity contribution is 5.88. The normalized spacial score (nSPS) is 17.5. The second-order valence-corrected chi connectivity index (χ2v) is 10.6. The van der Waals surface area contributed by atoms with Gasteiger partial charge in [-0.15, -0.1) is 0 Å². The number of fused-ring (bicyclic) bond motifs is 1. The van der Waals surface area contributed by atoms with E-state index in [1.54, 1.807) is 0 Å². The highest BCUT2D eigenvalue weighted by Crippen LogP contribution is 2.24. The third-order valence-corrected chi connectivity index (χ3v) is 6.75. The lowest BCUT2D eigenvalue weighted by Crippen LogP contribution is -2.52. The van der Waals surface area contributed by atoms with Gasteiger partial charge in [0.2, 0.25) is 0 Å². The predicted octanol–water partition coefficient (Wildman–Crippen LogP) is 4.73. The standard InChI is InChI=1S/C29H42N6/c1-23(2)19-25-21-34(20-24-11-6-5-7-12-24)17-18-35(25)22-28-31-27-14-9-8-13-26(27)29(32-28)30-15-10-16-33(3)4/h5-9,11-14,23,25H,10,15-22H2,1-4H3,(H,30,31,32)/t25-/m0/s1. The molecule has 0 amide bonds. The summed E-state index contributed by atoms with van der Waals surface area (Å²) in [6, 6.07) is 19.7. The SMILES string of the molecule is CC(C)C[C@H]1CN(Cc2ccccc2)CCN1Cc1nc(NCCCN(C)C)c2ccccc2n1. The van der Waals surface area contributed by atoms with Gasteiger partial charge in [-0.1, -0.05) is 56.3 Å². The van der Waals surface area contributed by atoms with E-state index in [1.807, 2.05) is 0 Å². The Morgan fingerprint density at radius 3 is 2.51 bits per heavy atom. The summed E-state index contributed by atoms with van der Waals surface area (Å²) in [4.78, 5) is 17.4. The molecule has 188 valence electrons. The Morgan fingerprint density at radius 2 is 1.74 bits per heavy atom. The smallest absolute Gasteiger partial charge is 0.145 e. The zero-order valence-electron chi connectivity index (χ0n) is 22.0. The fourth-order valence-corrected chi connectivity index (χ4v) is 5.03. The molecule has 0 spiro atoms. The monoisotopic (exact) mass is 474 g/mol. The summed E-state index contributed by atoms with van der Waals surface area (Å²) in [5, 5.41) is 4.70. The van der Waals surface area contributed by atoms with Crippen LogP contribution in [0.25, 0.3) is 10.9 Å². The molecular weight excluding hydrogens is 432 g/mol. The molecule has 1 aromatic heterocycles. The van der Waals surface area contributed by atoms with Crippen LogP contribution in [0.4, 0.5) is 5.82 Å². The highest BCUT2D eigenvalue weighted by Gasteiger charge is 2.28. The lowest BCUT2D eigenvalue weighted by molar-refractivity contribution is 0.0514. The van der Waals surface area contributed by atoms with Crippen LogP contribution < -0.4 is 5.32 Å². The number of aromatic nitrogens is 2. The number of anilines is 1. The van der Waals surface area contributed by atoms with E-state index in [0.717, 1.165) is 74.8 Å². The van der Waals surface area contributed by atoms with E-state index in [0.29, 0.717) is 12.0 Å². The number of rotatable bonds is 11. The van der Waals surface area contributed by atoms with Crippen LogP contribution in [0.2, 0.25) is 0 Å². The van der Waals surface area contributed by atoms with Crippen molar-refractivity contribution in [2.75, 3.05) is 52.1 Å². The topological polar surface area (TPSA) is 47.5 Å². The van der Waals surface area contributed by atoms with Gasteiger partial charge in [-0.2, -0.15) is 0 Å². The molecule has 0 bridgehead atoms. The first-order valence-electron chi connectivity index (χ1n) is 13.1. The molecule has 1 atom stereocenters. The van der Waals surface area contributed by atoms with Gasteiger partial charge in [0.25, 0.3) is 0 Å². The van der Waals surface area contributed by atoms with E-state index in [2.05, 4.69) is 103 Å². The second-order valence-electron chi connectivity index (χ2n) is 10.6. The highest BCUT2D eigenvalue weighted by atomic mass is 15.3. The van der Waals surface area contributed by atoms with Crippen molar-refractivity contribution < 1.29 is 0 Å². The first kappa shape index (κ1) is 25.5. The van der Waals surface area contributed by atoms with Crippen LogP contribution >= 0.6 is 0 Å². The van der Waals surface area contributed by atoms with E-state index in [9.17, 15) is 0 Å². The minimum Gasteiger partial charge on any atom is -0.369 e. The molecule has 0 aliphatic carbocycles. The van der Waals surface area contributed by atoms with Crippen molar-refractivity contribution in [2.45, 2.75) is 45.8 Å². The molecule has 1 fully saturated rings. The fraction of sp³-hybridized carbons (Fsp3) is 0.517. The molecular formula is C29H42N6. The maximum absolute atomic E-state index is 5.02. The third-order valence-electron chi connectivity index (χ3n) is 6.75. The van der Waals surface area contributed by atoms with Crippen LogP contribution in [0.1, 0.15) is 38.1 Å². The summed E-state index contributed by atoms with van der Waals surface area (Å²) < 4.78 is 0. The summed E-state index contributed by atoms with van der Waals surface area (Å²) in [7, 11) is 4.23. The van der Waals surface area contributed by atoms with Crippen molar-refractivity contribution in [1.82, 2.24) is 24.7 Å². The lowest BCUT2D eigenvalue weighted by Gasteiger charge is -2.42. The molecule has 0 saturated carbocycles. The second kappa shape index (κ2) is 12.4. The summed E-state index contributed by atoms with van der Waals surface area (Å²) in [5.74, 6) is 2.54. The van der Waals surface area contributed by atoms with Gasteiger partial charge < -0.3 is 10.2 Å². The average Bonchev–Trinajstić information content (AvgIpc) is 2.83. The van der Waals surface area contributed by atoms with Crippen LogP contribution in [0.5, 0.6) is 0 Å². The Bertz CT molecular complexity index is 1050. The maximum Gasteiger partial charge on any atom is 0.145 e. The largest absolute Gasteiger partial charge is 0.369 e. The molecule has 2 heterocycles. The number of nitrogens with zero attached hydrogens (tertiary/aromatic N) is 5. The molecule has 1 aliphatic rings. The molecule has 4 rings (SSSR count). The number of benzene rings is 2. The van der Waals surface area contributed by atoms with Gasteiger partial charge in [-0.05, 0) is 57.1 Å². The molecule has 2 aromatic carbocycles. The summed E-state index contributed by atoms with van der Waals surface area (Å²) in [6.45, 7) is 11.7. The number of hydrogen-bond donors (Lipinski definition) is 1. The van der Waals surface area contributed by atoms with E-state index in [1.165, 1.54) is 12.0 Å². The Morgan fingerprint density at radius 1 is 0.971 bits per heavy atom. The van der Waals surface area contributed by atoms with Gasteiger partial charge in [-0.25, -0.2) is 9.97 Å².